The number of aliphatic hydroxyl groups excluding tert-OH is 1. The molecule has 5 rings (SSSR count). The molecule has 1 N–H and O–H groups in total. The second kappa shape index (κ2) is 6.91. The molecule has 1 aromatic carbocycles. The zero-order valence-corrected chi connectivity index (χ0v) is 14.9. The van der Waals surface area contributed by atoms with Gasteiger partial charge in [-0.3, -0.25) is 4.90 Å². The Bertz CT molecular complexity index is 927. The highest BCUT2D eigenvalue weighted by Crippen LogP contribution is 2.35. The van der Waals surface area contributed by atoms with Gasteiger partial charge in [0.15, 0.2) is 5.52 Å². The van der Waals surface area contributed by atoms with Gasteiger partial charge in [-0.25, -0.2) is 9.61 Å². The molecule has 27 heavy (non-hydrogen) atoms. The van der Waals surface area contributed by atoms with Crippen molar-refractivity contribution < 1.29 is 18.9 Å². The Morgan fingerprint density at radius 2 is 2.00 bits per heavy atom. The molecule has 0 bridgehead atoms. The summed E-state index contributed by atoms with van der Waals surface area (Å²) in [6.45, 7) is 6.54. The van der Waals surface area contributed by atoms with Crippen molar-refractivity contribution in [3.05, 3.63) is 24.1 Å². The number of morpholine rings is 1. The molecule has 2 fully saturated rings. The van der Waals surface area contributed by atoms with Crippen LogP contribution in [0.3, 0.4) is 0 Å². The average molecular weight is 371 g/mol. The second-order valence-electron chi connectivity index (χ2n) is 7.10. The molecule has 0 atom stereocenters. The van der Waals surface area contributed by atoms with Gasteiger partial charge in [0.2, 0.25) is 5.89 Å². The molecule has 9 nitrogen and oxygen atoms in total. The van der Waals surface area contributed by atoms with Crippen LogP contribution in [0.2, 0.25) is 0 Å². The predicted molar refractivity (Wildman–Crippen MR) is 96.2 cm³/mol. The standard InChI is InChI=1S/C18H21N5O4/c24-11-14-7-19-18(26-14)13-5-15-17(21-27-20-15)16(6-13)23-9-12(10-23)8-22-1-3-25-4-2-22/h5-7,12,24H,1-4,8-11H2. The van der Waals surface area contributed by atoms with E-state index in [1.54, 1.807) is 0 Å². The van der Waals surface area contributed by atoms with Crippen molar-refractivity contribution in [2.45, 2.75) is 6.61 Å². The Morgan fingerprint density at radius 1 is 1.15 bits per heavy atom. The number of aliphatic hydroxyl groups is 1. The van der Waals surface area contributed by atoms with E-state index >= 15 is 0 Å². The van der Waals surface area contributed by atoms with Crippen molar-refractivity contribution in [1.29, 1.82) is 0 Å². The van der Waals surface area contributed by atoms with Crippen LogP contribution in [-0.2, 0) is 11.3 Å². The van der Waals surface area contributed by atoms with E-state index in [2.05, 4.69) is 25.1 Å². The minimum absolute atomic E-state index is 0.178. The van der Waals surface area contributed by atoms with E-state index in [1.807, 2.05) is 12.1 Å². The van der Waals surface area contributed by atoms with Gasteiger partial charge in [-0.15, -0.1) is 0 Å². The first kappa shape index (κ1) is 16.7. The molecular weight excluding hydrogens is 350 g/mol. The van der Waals surface area contributed by atoms with Crippen LogP contribution in [0.25, 0.3) is 22.5 Å². The molecule has 9 heteroatoms. The maximum absolute atomic E-state index is 9.20. The number of rotatable bonds is 5. The largest absolute Gasteiger partial charge is 0.439 e. The van der Waals surface area contributed by atoms with Crippen LogP contribution in [-0.4, -0.2) is 71.2 Å². The molecule has 0 aliphatic carbocycles. The maximum atomic E-state index is 9.20. The summed E-state index contributed by atoms with van der Waals surface area (Å²) in [4.78, 5) is 9.00. The Hall–Kier alpha value is -2.49. The monoisotopic (exact) mass is 371 g/mol. The summed E-state index contributed by atoms with van der Waals surface area (Å²) in [5, 5.41) is 17.3. The summed E-state index contributed by atoms with van der Waals surface area (Å²) in [5.74, 6) is 1.51. The summed E-state index contributed by atoms with van der Waals surface area (Å²) in [5.41, 5.74) is 3.19. The smallest absolute Gasteiger partial charge is 0.226 e. The topological polar surface area (TPSA) is 101 Å². The lowest BCUT2D eigenvalue weighted by Gasteiger charge is -2.43. The summed E-state index contributed by atoms with van der Waals surface area (Å²) < 4.78 is 15.9. The number of oxazole rings is 1. The van der Waals surface area contributed by atoms with Crippen molar-refractivity contribution in [1.82, 2.24) is 20.2 Å². The first-order chi connectivity index (χ1) is 13.3. The third kappa shape index (κ3) is 3.18. The number of benzene rings is 1. The molecule has 142 valence electrons. The van der Waals surface area contributed by atoms with E-state index in [0.717, 1.165) is 62.7 Å². The van der Waals surface area contributed by atoms with Gasteiger partial charge in [0, 0.05) is 44.2 Å². The van der Waals surface area contributed by atoms with E-state index in [9.17, 15) is 5.11 Å². The number of anilines is 1. The fourth-order valence-corrected chi connectivity index (χ4v) is 3.78. The number of hydrogen-bond donors (Lipinski definition) is 1. The molecule has 3 aromatic rings. The van der Waals surface area contributed by atoms with Crippen molar-refractivity contribution in [2.24, 2.45) is 5.92 Å². The highest BCUT2D eigenvalue weighted by atomic mass is 16.6. The van der Waals surface area contributed by atoms with Gasteiger partial charge in [-0.05, 0) is 22.4 Å². The first-order valence-corrected chi connectivity index (χ1v) is 9.17. The van der Waals surface area contributed by atoms with E-state index in [4.69, 9.17) is 13.8 Å². The lowest BCUT2D eigenvalue weighted by atomic mass is 9.97. The van der Waals surface area contributed by atoms with Crippen LogP contribution in [0.15, 0.2) is 27.4 Å². The second-order valence-corrected chi connectivity index (χ2v) is 7.10. The lowest BCUT2D eigenvalue weighted by molar-refractivity contribution is 0.0286. The molecule has 0 spiro atoms. The van der Waals surface area contributed by atoms with E-state index in [-0.39, 0.29) is 6.61 Å². The molecule has 0 saturated carbocycles. The van der Waals surface area contributed by atoms with Gasteiger partial charge in [-0.1, -0.05) is 0 Å². The predicted octanol–water partition coefficient (Wildman–Crippen LogP) is 1.14. The van der Waals surface area contributed by atoms with Crippen molar-refractivity contribution in [2.75, 3.05) is 50.8 Å². The van der Waals surface area contributed by atoms with Gasteiger partial charge < -0.3 is 19.2 Å². The van der Waals surface area contributed by atoms with Gasteiger partial charge in [0.25, 0.3) is 0 Å². The van der Waals surface area contributed by atoms with Crippen molar-refractivity contribution in [3.8, 4) is 11.5 Å². The zero-order chi connectivity index (χ0) is 18.2. The molecule has 0 amide bonds. The third-order valence-electron chi connectivity index (χ3n) is 5.22. The Kier molecular flexibility index (Phi) is 4.27. The Balaban J connectivity index is 1.36. The average Bonchev–Trinajstić information content (AvgIpc) is 3.33. The van der Waals surface area contributed by atoms with E-state index in [0.29, 0.717) is 23.1 Å². The Morgan fingerprint density at radius 3 is 2.78 bits per heavy atom. The molecule has 0 radical (unpaired) electrons. The van der Waals surface area contributed by atoms with Crippen LogP contribution in [0, 0.1) is 5.92 Å². The number of fused-ring (bicyclic) bond motifs is 1. The van der Waals surface area contributed by atoms with Crippen LogP contribution >= 0.6 is 0 Å². The molecule has 4 heterocycles. The number of hydrogen-bond acceptors (Lipinski definition) is 9. The van der Waals surface area contributed by atoms with Gasteiger partial charge in [0.1, 0.15) is 17.9 Å². The van der Waals surface area contributed by atoms with Gasteiger partial charge in [0.05, 0.1) is 25.1 Å². The molecule has 2 aromatic heterocycles. The first-order valence-electron chi connectivity index (χ1n) is 9.17. The minimum Gasteiger partial charge on any atom is -0.439 e. The summed E-state index contributed by atoms with van der Waals surface area (Å²) in [7, 11) is 0. The summed E-state index contributed by atoms with van der Waals surface area (Å²) >= 11 is 0. The SMILES string of the molecule is OCc1cnc(-c2cc(N3CC(CN4CCOCC4)C3)c3nonc3c2)o1. The van der Waals surface area contributed by atoms with Crippen LogP contribution in [0.4, 0.5) is 5.69 Å². The number of ether oxygens (including phenoxy) is 1. The zero-order valence-electron chi connectivity index (χ0n) is 14.9. The summed E-state index contributed by atoms with van der Waals surface area (Å²) in [6.07, 6.45) is 1.53. The molecule has 2 aliphatic heterocycles. The van der Waals surface area contributed by atoms with Gasteiger partial charge in [-0.2, -0.15) is 0 Å². The molecule has 2 aliphatic rings. The number of nitrogens with zero attached hydrogens (tertiary/aromatic N) is 5. The molecule has 0 unspecified atom stereocenters. The van der Waals surface area contributed by atoms with Crippen LogP contribution in [0.1, 0.15) is 5.76 Å². The van der Waals surface area contributed by atoms with E-state index in [1.165, 1.54) is 6.20 Å². The maximum Gasteiger partial charge on any atom is 0.226 e. The molecular formula is C18H21N5O4. The number of aromatic nitrogens is 3. The highest BCUT2D eigenvalue weighted by Gasteiger charge is 2.31. The van der Waals surface area contributed by atoms with Crippen molar-refractivity contribution >= 4 is 16.7 Å². The van der Waals surface area contributed by atoms with Crippen LogP contribution in [0.5, 0.6) is 0 Å². The van der Waals surface area contributed by atoms with Crippen molar-refractivity contribution in [3.63, 3.8) is 0 Å². The van der Waals surface area contributed by atoms with Gasteiger partial charge >= 0.3 is 0 Å². The quantitative estimate of drug-likeness (QED) is 0.707. The summed E-state index contributed by atoms with van der Waals surface area (Å²) in [6, 6.07) is 3.85. The lowest BCUT2D eigenvalue weighted by Crippen LogP contribution is -2.53. The van der Waals surface area contributed by atoms with E-state index < -0.39 is 0 Å². The molecule has 2 saturated heterocycles. The fraction of sp³-hybridized carbons (Fsp3) is 0.500. The Labute approximate surface area is 155 Å². The van der Waals surface area contributed by atoms with Crippen LogP contribution < -0.4 is 4.90 Å². The normalized spacial score (nSPS) is 18.9. The minimum atomic E-state index is -0.178. The third-order valence-corrected chi connectivity index (χ3v) is 5.22. The highest BCUT2D eigenvalue weighted by molar-refractivity contribution is 5.92. The fourth-order valence-electron chi connectivity index (χ4n) is 3.78.